The predicted octanol–water partition coefficient (Wildman–Crippen LogP) is -2.11. The van der Waals surface area contributed by atoms with Crippen LogP contribution in [0.4, 0.5) is 11.9 Å². The number of nitrogens with two attached hydrogens (primary N) is 2. The fraction of sp³-hybridized carbons (Fsp3) is 0.556. The van der Waals surface area contributed by atoms with E-state index in [-0.39, 0.29) is 18.4 Å². The first-order valence-electron chi connectivity index (χ1n) is 5.49. The van der Waals surface area contributed by atoms with Crippen LogP contribution in [0.2, 0.25) is 0 Å². The number of nitrogens with zero attached hydrogens (tertiary/aromatic N) is 4. The molecule has 18 heavy (non-hydrogen) atoms. The van der Waals surface area contributed by atoms with Gasteiger partial charge in [0.1, 0.15) is 11.9 Å². The van der Waals surface area contributed by atoms with E-state index in [1.807, 2.05) is 0 Å². The highest BCUT2D eigenvalue weighted by atomic mass is 16.4. The van der Waals surface area contributed by atoms with E-state index in [0.29, 0.717) is 18.9 Å². The van der Waals surface area contributed by atoms with Gasteiger partial charge in [0.25, 0.3) is 0 Å². The molecular formula is C9H15N7O2. The highest BCUT2D eigenvalue weighted by Crippen LogP contribution is 2.09. The molecule has 1 aliphatic rings. The number of carbonyl (C=O) groups is 1. The van der Waals surface area contributed by atoms with E-state index in [1.54, 1.807) is 4.90 Å². The Morgan fingerprint density at radius 2 is 2.06 bits per heavy atom. The third-order valence-electron chi connectivity index (χ3n) is 2.70. The maximum atomic E-state index is 11.1. The minimum absolute atomic E-state index is 0.0412. The molecule has 0 aromatic carbocycles. The van der Waals surface area contributed by atoms with Crippen molar-refractivity contribution in [2.75, 3.05) is 31.1 Å². The number of carboxylic acids is 1. The monoisotopic (exact) mass is 253 g/mol. The van der Waals surface area contributed by atoms with Gasteiger partial charge in [0.2, 0.25) is 11.9 Å². The van der Waals surface area contributed by atoms with E-state index in [4.69, 9.17) is 16.6 Å². The number of nitrogens with one attached hydrogen (secondary N) is 1. The SMILES string of the molecule is Nc1nc(N)nc(CN2CCNCC2C(=O)O)n1. The lowest BCUT2D eigenvalue weighted by Gasteiger charge is -2.32. The van der Waals surface area contributed by atoms with Crippen molar-refractivity contribution in [3.05, 3.63) is 5.82 Å². The van der Waals surface area contributed by atoms with Gasteiger partial charge in [0.15, 0.2) is 0 Å². The van der Waals surface area contributed by atoms with Crippen molar-refractivity contribution in [3.8, 4) is 0 Å². The maximum absolute atomic E-state index is 11.1. The molecule has 1 aromatic heterocycles. The number of hydrogen-bond donors (Lipinski definition) is 4. The molecule has 0 amide bonds. The fourth-order valence-electron chi connectivity index (χ4n) is 1.89. The number of aromatic nitrogens is 3. The summed E-state index contributed by atoms with van der Waals surface area (Å²) in [7, 11) is 0. The molecular weight excluding hydrogens is 238 g/mol. The zero-order valence-electron chi connectivity index (χ0n) is 9.70. The minimum atomic E-state index is -0.878. The standard InChI is InChI=1S/C9H15N7O2/c10-8-13-6(14-9(11)15-8)4-16-2-1-12-3-5(16)7(17)18/h5,12H,1-4H2,(H,17,18)(H4,10,11,13,14,15). The molecule has 0 bridgehead atoms. The number of anilines is 2. The summed E-state index contributed by atoms with van der Waals surface area (Å²) in [5.41, 5.74) is 10.9. The van der Waals surface area contributed by atoms with Crippen LogP contribution in [-0.2, 0) is 11.3 Å². The van der Waals surface area contributed by atoms with Crippen LogP contribution in [0.1, 0.15) is 5.82 Å². The van der Waals surface area contributed by atoms with Gasteiger partial charge in [-0.25, -0.2) is 0 Å². The second kappa shape index (κ2) is 5.10. The predicted molar refractivity (Wildman–Crippen MR) is 63.4 cm³/mol. The van der Waals surface area contributed by atoms with Gasteiger partial charge >= 0.3 is 5.97 Å². The molecule has 0 spiro atoms. The molecule has 6 N–H and O–H groups in total. The number of carboxylic acid groups (broad SMARTS) is 1. The number of hydrogen-bond acceptors (Lipinski definition) is 8. The topological polar surface area (TPSA) is 143 Å². The summed E-state index contributed by atoms with van der Waals surface area (Å²) < 4.78 is 0. The highest BCUT2D eigenvalue weighted by molar-refractivity contribution is 5.73. The zero-order valence-corrected chi connectivity index (χ0v) is 9.70. The molecule has 0 saturated carbocycles. The molecule has 9 nitrogen and oxygen atoms in total. The fourth-order valence-corrected chi connectivity index (χ4v) is 1.89. The molecule has 1 saturated heterocycles. The lowest BCUT2D eigenvalue weighted by atomic mass is 10.2. The largest absolute Gasteiger partial charge is 0.480 e. The number of aliphatic carboxylic acids is 1. The van der Waals surface area contributed by atoms with Crippen molar-refractivity contribution in [2.24, 2.45) is 0 Å². The van der Waals surface area contributed by atoms with Gasteiger partial charge in [-0.05, 0) is 0 Å². The van der Waals surface area contributed by atoms with Gasteiger partial charge in [0, 0.05) is 19.6 Å². The van der Waals surface area contributed by atoms with Crippen molar-refractivity contribution < 1.29 is 9.90 Å². The third kappa shape index (κ3) is 2.81. The molecule has 1 fully saturated rings. The minimum Gasteiger partial charge on any atom is -0.480 e. The van der Waals surface area contributed by atoms with Crippen LogP contribution < -0.4 is 16.8 Å². The van der Waals surface area contributed by atoms with E-state index in [1.165, 1.54) is 0 Å². The molecule has 1 aliphatic heterocycles. The third-order valence-corrected chi connectivity index (χ3v) is 2.70. The Morgan fingerprint density at radius 1 is 1.39 bits per heavy atom. The van der Waals surface area contributed by atoms with E-state index in [9.17, 15) is 4.79 Å². The Morgan fingerprint density at radius 3 is 2.67 bits per heavy atom. The Hall–Kier alpha value is -2.00. The van der Waals surface area contributed by atoms with Crippen LogP contribution >= 0.6 is 0 Å². The molecule has 2 heterocycles. The van der Waals surface area contributed by atoms with Crippen LogP contribution in [0.25, 0.3) is 0 Å². The van der Waals surface area contributed by atoms with Crippen molar-refractivity contribution in [1.82, 2.24) is 25.2 Å². The maximum Gasteiger partial charge on any atom is 0.322 e. The number of rotatable bonds is 3. The molecule has 2 rings (SSSR count). The normalized spacial score (nSPS) is 20.8. The van der Waals surface area contributed by atoms with E-state index < -0.39 is 12.0 Å². The summed E-state index contributed by atoms with van der Waals surface area (Å²) in [5, 5.41) is 12.1. The van der Waals surface area contributed by atoms with Crippen molar-refractivity contribution in [2.45, 2.75) is 12.6 Å². The van der Waals surface area contributed by atoms with E-state index in [0.717, 1.165) is 6.54 Å². The second-order valence-corrected chi connectivity index (χ2v) is 4.00. The van der Waals surface area contributed by atoms with Crippen LogP contribution in [-0.4, -0.2) is 56.6 Å². The van der Waals surface area contributed by atoms with Crippen LogP contribution in [0.15, 0.2) is 0 Å². The quantitative estimate of drug-likeness (QED) is 0.476. The molecule has 0 radical (unpaired) electrons. The zero-order chi connectivity index (χ0) is 13.1. The first kappa shape index (κ1) is 12.5. The van der Waals surface area contributed by atoms with Crippen LogP contribution in [0, 0.1) is 0 Å². The summed E-state index contributed by atoms with van der Waals surface area (Å²) in [6.07, 6.45) is 0. The van der Waals surface area contributed by atoms with Crippen molar-refractivity contribution in [1.29, 1.82) is 0 Å². The van der Waals surface area contributed by atoms with E-state index in [2.05, 4.69) is 20.3 Å². The summed E-state index contributed by atoms with van der Waals surface area (Å²) >= 11 is 0. The van der Waals surface area contributed by atoms with E-state index >= 15 is 0 Å². The molecule has 1 unspecified atom stereocenters. The van der Waals surface area contributed by atoms with Gasteiger partial charge in [-0.1, -0.05) is 0 Å². The molecule has 0 aliphatic carbocycles. The molecule has 1 atom stereocenters. The molecule has 1 aromatic rings. The smallest absolute Gasteiger partial charge is 0.322 e. The lowest BCUT2D eigenvalue weighted by Crippen LogP contribution is -2.54. The average molecular weight is 253 g/mol. The van der Waals surface area contributed by atoms with Gasteiger partial charge < -0.3 is 21.9 Å². The Bertz CT molecular complexity index is 432. The average Bonchev–Trinajstić information content (AvgIpc) is 2.27. The van der Waals surface area contributed by atoms with Gasteiger partial charge in [0.05, 0.1) is 6.54 Å². The Kier molecular flexibility index (Phi) is 3.53. The number of piperazine rings is 1. The first-order chi connectivity index (χ1) is 8.56. The van der Waals surface area contributed by atoms with Gasteiger partial charge in [-0.3, -0.25) is 9.69 Å². The van der Waals surface area contributed by atoms with Crippen molar-refractivity contribution in [3.63, 3.8) is 0 Å². The van der Waals surface area contributed by atoms with Crippen molar-refractivity contribution >= 4 is 17.9 Å². The Labute approximate surface area is 103 Å². The Balaban J connectivity index is 2.13. The van der Waals surface area contributed by atoms with Crippen LogP contribution in [0.3, 0.4) is 0 Å². The summed E-state index contributed by atoms with van der Waals surface area (Å²) in [6.45, 7) is 2.00. The second-order valence-electron chi connectivity index (χ2n) is 4.00. The summed E-state index contributed by atoms with van der Waals surface area (Å²) in [5.74, 6) is -0.413. The van der Waals surface area contributed by atoms with Crippen LogP contribution in [0.5, 0.6) is 0 Å². The molecule has 9 heteroatoms. The highest BCUT2D eigenvalue weighted by Gasteiger charge is 2.28. The molecule has 98 valence electrons. The first-order valence-corrected chi connectivity index (χ1v) is 5.49. The number of nitrogen functional groups attached to an aromatic ring is 2. The summed E-state index contributed by atoms with van der Waals surface area (Å²) in [4.78, 5) is 24.4. The van der Waals surface area contributed by atoms with Gasteiger partial charge in [-0.2, -0.15) is 15.0 Å². The lowest BCUT2D eigenvalue weighted by molar-refractivity contribution is -0.144. The summed E-state index contributed by atoms with van der Waals surface area (Å²) in [6, 6.07) is -0.599. The van der Waals surface area contributed by atoms with Gasteiger partial charge in [-0.15, -0.1) is 0 Å².